The fraction of sp³-hybridized carbons (Fsp3) is 0.769. The number of rotatable bonds is 10. The van der Waals surface area contributed by atoms with Gasteiger partial charge in [0.15, 0.2) is 6.10 Å². The van der Waals surface area contributed by atoms with Gasteiger partial charge in [0.25, 0.3) is 0 Å². The molecule has 2 N–H and O–H groups in total. The predicted molar refractivity (Wildman–Crippen MR) is 67.2 cm³/mol. The van der Waals surface area contributed by atoms with Crippen LogP contribution in [0.25, 0.3) is 0 Å². The van der Waals surface area contributed by atoms with Gasteiger partial charge in [0, 0.05) is 6.42 Å². The zero-order valence-electron chi connectivity index (χ0n) is 11.3. The molecule has 6 nitrogen and oxygen atoms in total. The molecule has 110 valence electrons. The van der Waals surface area contributed by atoms with Gasteiger partial charge in [-0.3, -0.25) is 9.59 Å². The van der Waals surface area contributed by atoms with Crippen molar-refractivity contribution < 1.29 is 29.3 Å². The number of ketones is 1. The molecule has 0 aliphatic carbocycles. The number of carbonyl (C=O) groups is 3. The van der Waals surface area contributed by atoms with Crippen molar-refractivity contribution in [1.29, 1.82) is 0 Å². The Kier molecular flexibility index (Phi) is 9.92. The van der Waals surface area contributed by atoms with Crippen LogP contribution in [-0.4, -0.2) is 40.6 Å². The third kappa shape index (κ3) is 9.32. The molecule has 0 saturated heterocycles. The van der Waals surface area contributed by atoms with Crippen LogP contribution in [0, 0.1) is 0 Å². The number of aliphatic hydroxyl groups is 2. The van der Waals surface area contributed by atoms with Crippen molar-refractivity contribution in [2.75, 3.05) is 6.61 Å². The average molecular weight is 274 g/mol. The van der Waals surface area contributed by atoms with E-state index in [4.69, 9.17) is 10.2 Å². The van der Waals surface area contributed by atoms with Crippen LogP contribution in [0.4, 0.5) is 0 Å². The Morgan fingerprint density at radius 2 is 1.74 bits per heavy atom. The van der Waals surface area contributed by atoms with Crippen LogP contribution in [0.1, 0.15) is 51.9 Å². The quantitative estimate of drug-likeness (QED) is 0.346. The highest BCUT2D eigenvalue weighted by Crippen LogP contribution is 2.07. The number of ether oxygens (including phenoxy) is 1. The Morgan fingerprint density at radius 1 is 1.11 bits per heavy atom. The minimum Gasteiger partial charge on any atom is -0.393 e. The minimum absolute atomic E-state index is 0.284. The van der Waals surface area contributed by atoms with E-state index >= 15 is 0 Å². The van der Waals surface area contributed by atoms with Gasteiger partial charge < -0.3 is 14.9 Å². The van der Waals surface area contributed by atoms with Crippen molar-refractivity contribution in [3.05, 3.63) is 0 Å². The van der Waals surface area contributed by atoms with Gasteiger partial charge in [-0.05, 0) is 6.42 Å². The van der Waals surface area contributed by atoms with Crippen molar-refractivity contribution in [2.24, 2.45) is 0 Å². The van der Waals surface area contributed by atoms with Gasteiger partial charge in [-0.2, -0.15) is 0 Å². The molecule has 0 aromatic carbocycles. The van der Waals surface area contributed by atoms with Gasteiger partial charge >= 0.3 is 11.9 Å². The third-order valence-corrected chi connectivity index (χ3v) is 2.56. The largest absolute Gasteiger partial charge is 0.393 e. The first-order chi connectivity index (χ1) is 9.01. The van der Waals surface area contributed by atoms with E-state index in [0.29, 0.717) is 0 Å². The van der Waals surface area contributed by atoms with Crippen LogP contribution in [0.2, 0.25) is 0 Å². The second-order valence-electron chi connectivity index (χ2n) is 4.37. The van der Waals surface area contributed by atoms with Crippen LogP contribution in [0.5, 0.6) is 0 Å². The van der Waals surface area contributed by atoms with Crippen LogP contribution in [0.3, 0.4) is 0 Å². The van der Waals surface area contributed by atoms with Gasteiger partial charge in [0.05, 0.1) is 6.61 Å². The molecule has 0 fully saturated rings. The second-order valence-corrected chi connectivity index (χ2v) is 4.37. The van der Waals surface area contributed by atoms with Crippen LogP contribution >= 0.6 is 0 Å². The normalized spacial score (nSPS) is 11.9. The monoisotopic (exact) mass is 274 g/mol. The van der Waals surface area contributed by atoms with Gasteiger partial charge in [-0.15, -0.1) is 0 Å². The van der Waals surface area contributed by atoms with Crippen LogP contribution in [-0.2, 0) is 19.1 Å². The second kappa shape index (κ2) is 10.6. The maximum atomic E-state index is 11.4. The summed E-state index contributed by atoms with van der Waals surface area (Å²) in [4.78, 5) is 33.5. The van der Waals surface area contributed by atoms with E-state index in [1.165, 1.54) is 0 Å². The topological polar surface area (TPSA) is 101 Å². The summed E-state index contributed by atoms with van der Waals surface area (Å²) in [7, 11) is 0. The molecular formula is C13H22O6. The molecule has 1 unspecified atom stereocenters. The zero-order chi connectivity index (χ0) is 14.7. The number of esters is 2. The highest BCUT2D eigenvalue weighted by Gasteiger charge is 2.20. The Morgan fingerprint density at radius 3 is 2.32 bits per heavy atom. The SMILES string of the molecule is CCCCCCCC(=O)CC(=O)OC(=O)C(O)CO. The molecule has 6 heteroatoms. The molecule has 0 amide bonds. The molecule has 0 saturated carbocycles. The summed E-state index contributed by atoms with van der Waals surface area (Å²) in [5.41, 5.74) is 0. The average Bonchev–Trinajstić information content (AvgIpc) is 2.37. The van der Waals surface area contributed by atoms with E-state index in [9.17, 15) is 14.4 Å². The zero-order valence-corrected chi connectivity index (χ0v) is 11.3. The van der Waals surface area contributed by atoms with E-state index in [2.05, 4.69) is 11.7 Å². The first-order valence-electron chi connectivity index (χ1n) is 6.56. The lowest BCUT2D eigenvalue weighted by Crippen LogP contribution is -2.29. The first kappa shape index (κ1) is 17.7. The minimum atomic E-state index is -1.74. The molecule has 0 aromatic heterocycles. The molecule has 0 aromatic rings. The summed E-state index contributed by atoms with van der Waals surface area (Å²) in [5.74, 6) is -2.51. The van der Waals surface area contributed by atoms with E-state index in [1.54, 1.807) is 0 Å². The summed E-state index contributed by atoms with van der Waals surface area (Å²) < 4.78 is 4.21. The number of carbonyl (C=O) groups excluding carboxylic acids is 3. The molecule has 0 bridgehead atoms. The summed E-state index contributed by atoms with van der Waals surface area (Å²) >= 11 is 0. The highest BCUT2D eigenvalue weighted by atomic mass is 16.6. The predicted octanol–water partition coefficient (Wildman–Crippen LogP) is 0.729. The van der Waals surface area contributed by atoms with Crippen molar-refractivity contribution in [2.45, 2.75) is 58.0 Å². The smallest absolute Gasteiger partial charge is 0.345 e. The molecule has 0 aliphatic rings. The molecule has 19 heavy (non-hydrogen) atoms. The Bertz CT molecular complexity index is 300. The van der Waals surface area contributed by atoms with E-state index in [1.807, 2.05) is 0 Å². The number of unbranched alkanes of at least 4 members (excludes halogenated alkanes) is 4. The lowest BCUT2D eigenvalue weighted by Gasteiger charge is -2.06. The van der Waals surface area contributed by atoms with E-state index in [-0.39, 0.29) is 12.2 Å². The first-order valence-corrected chi connectivity index (χ1v) is 6.56. The molecular weight excluding hydrogens is 252 g/mol. The number of Topliss-reactive ketones (excluding diaryl/α,β-unsaturated/α-hetero) is 1. The van der Waals surface area contributed by atoms with Gasteiger partial charge in [0.1, 0.15) is 12.2 Å². The Labute approximate surface area is 112 Å². The molecule has 1 atom stereocenters. The summed E-state index contributed by atoms with van der Waals surface area (Å²) in [6, 6.07) is 0. The molecule has 0 aliphatic heterocycles. The number of hydrogen-bond acceptors (Lipinski definition) is 6. The summed E-state index contributed by atoms with van der Waals surface area (Å²) in [5, 5.41) is 17.3. The van der Waals surface area contributed by atoms with E-state index in [0.717, 1.165) is 32.1 Å². The Balaban J connectivity index is 3.75. The molecule has 0 heterocycles. The third-order valence-electron chi connectivity index (χ3n) is 2.56. The lowest BCUT2D eigenvalue weighted by atomic mass is 10.1. The summed E-state index contributed by atoms with van der Waals surface area (Å²) in [6.45, 7) is 1.27. The van der Waals surface area contributed by atoms with Crippen LogP contribution < -0.4 is 0 Å². The fourth-order valence-corrected chi connectivity index (χ4v) is 1.47. The fourth-order valence-electron chi connectivity index (χ4n) is 1.47. The number of hydrogen-bond donors (Lipinski definition) is 2. The van der Waals surface area contributed by atoms with Gasteiger partial charge in [0.2, 0.25) is 0 Å². The van der Waals surface area contributed by atoms with Crippen molar-refractivity contribution >= 4 is 17.7 Å². The van der Waals surface area contributed by atoms with Gasteiger partial charge in [-0.1, -0.05) is 32.6 Å². The number of aliphatic hydroxyl groups excluding tert-OH is 2. The molecule has 0 rings (SSSR count). The van der Waals surface area contributed by atoms with Crippen LogP contribution in [0.15, 0.2) is 0 Å². The van der Waals surface area contributed by atoms with Crippen molar-refractivity contribution in [1.82, 2.24) is 0 Å². The standard InChI is InChI=1S/C13H22O6/c1-2-3-4-5-6-7-10(15)8-12(17)19-13(18)11(16)9-14/h11,14,16H,2-9H2,1H3. The van der Waals surface area contributed by atoms with Crippen molar-refractivity contribution in [3.63, 3.8) is 0 Å². The lowest BCUT2D eigenvalue weighted by molar-refractivity contribution is -0.167. The maximum absolute atomic E-state index is 11.4. The maximum Gasteiger partial charge on any atom is 0.345 e. The van der Waals surface area contributed by atoms with Crippen molar-refractivity contribution in [3.8, 4) is 0 Å². The van der Waals surface area contributed by atoms with E-state index < -0.39 is 31.1 Å². The van der Waals surface area contributed by atoms with Gasteiger partial charge in [-0.25, -0.2) is 4.79 Å². The highest BCUT2D eigenvalue weighted by molar-refractivity contribution is 5.99. The molecule has 0 radical (unpaired) electrons. The Hall–Kier alpha value is -1.27. The summed E-state index contributed by atoms with van der Waals surface area (Å²) in [6.07, 6.45) is 3.05. The molecule has 0 spiro atoms.